The second-order valence-corrected chi connectivity index (χ2v) is 7.52. The number of ketones is 1. The Kier molecular flexibility index (Phi) is 7.77. The molecule has 0 unspecified atom stereocenters. The second kappa shape index (κ2) is 10.7. The van der Waals surface area contributed by atoms with Crippen molar-refractivity contribution in [1.29, 1.82) is 0 Å². The van der Waals surface area contributed by atoms with Gasteiger partial charge in [0.25, 0.3) is 0 Å². The molecule has 0 aliphatic carbocycles. The fourth-order valence-corrected chi connectivity index (χ4v) is 2.94. The third-order valence-electron chi connectivity index (χ3n) is 4.71. The van der Waals surface area contributed by atoms with Crippen molar-refractivity contribution in [2.45, 2.75) is 32.7 Å². The summed E-state index contributed by atoms with van der Waals surface area (Å²) in [5, 5.41) is 0. The number of rotatable bonds is 11. The highest BCUT2D eigenvalue weighted by Crippen LogP contribution is 2.21. The smallest absolute Gasteiger partial charge is 0.194 e. The lowest BCUT2D eigenvalue weighted by Gasteiger charge is -2.24. The summed E-state index contributed by atoms with van der Waals surface area (Å²) in [4.78, 5) is 12.8. The van der Waals surface area contributed by atoms with Crippen LogP contribution >= 0.6 is 0 Å². The average molecular weight is 405 g/mol. The number of ether oxygens (including phenoxy) is 3. The number of hydrogen-bond donors (Lipinski definition) is 0. The summed E-state index contributed by atoms with van der Waals surface area (Å²) in [6.07, 6.45) is 0. The first kappa shape index (κ1) is 21.8. The Morgan fingerprint density at radius 1 is 0.733 bits per heavy atom. The lowest BCUT2D eigenvalue weighted by molar-refractivity contribution is -0.0135. The summed E-state index contributed by atoms with van der Waals surface area (Å²) in [5.74, 6) is 0.647. The van der Waals surface area contributed by atoms with Crippen LogP contribution in [0.4, 0.5) is 0 Å². The number of hydrogen-bond acceptors (Lipinski definition) is 4. The maximum absolute atomic E-state index is 12.8. The molecule has 0 amide bonds. The van der Waals surface area contributed by atoms with E-state index in [0.29, 0.717) is 37.7 Å². The van der Waals surface area contributed by atoms with Gasteiger partial charge in [0, 0.05) is 5.56 Å². The van der Waals surface area contributed by atoms with Crippen LogP contribution in [0.15, 0.2) is 84.9 Å². The standard InChI is InChI=1S/C26H28O4/c1-26(2,30-20-22-11-7-4-8-12-22)25(27)23-13-15-24(16-14-23)29-18-17-28-19-21-9-5-3-6-10-21/h3-16H,17-20H2,1-2H3. The Morgan fingerprint density at radius 3 is 1.90 bits per heavy atom. The van der Waals surface area contributed by atoms with Crippen LogP contribution in [0.25, 0.3) is 0 Å². The molecule has 0 saturated carbocycles. The molecule has 0 aromatic heterocycles. The van der Waals surface area contributed by atoms with Crippen molar-refractivity contribution in [1.82, 2.24) is 0 Å². The van der Waals surface area contributed by atoms with E-state index in [1.165, 1.54) is 0 Å². The summed E-state index contributed by atoms with van der Waals surface area (Å²) in [7, 11) is 0. The minimum atomic E-state index is -0.913. The molecule has 0 aliphatic rings. The van der Waals surface area contributed by atoms with Crippen LogP contribution in [0.5, 0.6) is 5.75 Å². The molecule has 3 aromatic rings. The van der Waals surface area contributed by atoms with Crippen LogP contribution in [0.3, 0.4) is 0 Å². The van der Waals surface area contributed by atoms with E-state index in [9.17, 15) is 4.79 Å². The molecule has 0 N–H and O–H groups in total. The van der Waals surface area contributed by atoms with Gasteiger partial charge in [0.2, 0.25) is 0 Å². The molecule has 3 rings (SSSR count). The molecule has 0 heterocycles. The number of carbonyl (C=O) groups excluding carboxylic acids is 1. The average Bonchev–Trinajstić information content (AvgIpc) is 2.79. The predicted octanol–water partition coefficient (Wildman–Crippen LogP) is 5.46. The highest BCUT2D eigenvalue weighted by molar-refractivity contribution is 6.02. The van der Waals surface area contributed by atoms with Gasteiger partial charge in [0.05, 0.1) is 19.8 Å². The summed E-state index contributed by atoms with van der Waals surface area (Å²) in [6.45, 7) is 5.50. The Bertz CT molecular complexity index is 903. The van der Waals surface area contributed by atoms with E-state index in [1.807, 2.05) is 60.7 Å². The molecule has 30 heavy (non-hydrogen) atoms. The first-order chi connectivity index (χ1) is 14.5. The fraction of sp³-hybridized carbons (Fsp3) is 0.269. The van der Waals surface area contributed by atoms with Gasteiger partial charge in [0.1, 0.15) is 18.0 Å². The van der Waals surface area contributed by atoms with Crippen molar-refractivity contribution in [3.8, 4) is 5.75 Å². The topological polar surface area (TPSA) is 44.8 Å². The first-order valence-electron chi connectivity index (χ1n) is 10.1. The van der Waals surface area contributed by atoms with Crippen LogP contribution in [0, 0.1) is 0 Å². The number of carbonyl (C=O) groups is 1. The van der Waals surface area contributed by atoms with E-state index in [1.54, 1.807) is 38.1 Å². The van der Waals surface area contributed by atoms with Crippen LogP contribution in [-0.4, -0.2) is 24.6 Å². The van der Waals surface area contributed by atoms with E-state index in [2.05, 4.69) is 0 Å². The molecular weight excluding hydrogens is 376 g/mol. The van der Waals surface area contributed by atoms with E-state index in [0.717, 1.165) is 11.1 Å². The molecule has 0 atom stereocenters. The van der Waals surface area contributed by atoms with Gasteiger partial charge in [-0.25, -0.2) is 0 Å². The summed E-state index contributed by atoms with van der Waals surface area (Å²) in [6, 6.07) is 27.0. The molecule has 0 bridgehead atoms. The van der Waals surface area contributed by atoms with Gasteiger partial charge >= 0.3 is 0 Å². The summed E-state index contributed by atoms with van der Waals surface area (Å²) >= 11 is 0. The lowest BCUT2D eigenvalue weighted by Crippen LogP contribution is -2.34. The Labute approximate surface area is 178 Å². The van der Waals surface area contributed by atoms with Gasteiger partial charge in [0.15, 0.2) is 5.78 Å². The van der Waals surface area contributed by atoms with Crippen molar-refractivity contribution in [3.05, 3.63) is 102 Å². The van der Waals surface area contributed by atoms with Crippen molar-refractivity contribution in [2.75, 3.05) is 13.2 Å². The number of benzene rings is 3. The summed E-state index contributed by atoms with van der Waals surface area (Å²) in [5.41, 5.74) is 1.86. The third kappa shape index (κ3) is 6.55. The molecule has 0 radical (unpaired) electrons. The SMILES string of the molecule is CC(C)(OCc1ccccc1)C(=O)c1ccc(OCCOCc2ccccc2)cc1. The van der Waals surface area contributed by atoms with Gasteiger partial charge in [-0.15, -0.1) is 0 Å². The van der Waals surface area contributed by atoms with E-state index in [4.69, 9.17) is 14.2 Å². The maximum Gasteiger partial charge on any atom is 0.194 e. The Hall–Kier alpha value is -2.95. The summed E-state index contributed by atoms with van der Waals surface area (Å²) < 4.78 is 17.2. The third-order valence-corrected chi connectivity index (χ3v) is 4.71. The molecule has 0 aliphatic heterocycles. The van der Waals surface area contributed by atoms with E-state index < -0.39 is 5.60 Å². The van der Waals surface area contributed by atoms with Crippen molar-refractivity contribution < 1.29 is 19.0 Å². The maximum atomic E-state index is 12.8. The Balaban J connectivity index is 1.44. The molecule has 3 aromatic carbocycles. The predicted molar refractivity (Wildman–Crippen MR) is 118 cm³/mol. The molecule has 4 heteroatoms. The highest BCUT2D eigenvalue weighted by atomic mass is 16.5. The molecule has 0 saturated heterocycles. The van der Waals surface area contributed by atoms with E-state index in [-0.39, 0.29) is 5.78 Å². The molecule has 156 valence electrons. The highest BCUT2D eigenvalue weighted by Gasteiger charge is 2.29. The van der Waals surface area contributed by atoms with Crippen LogP contribution in [0.1, 0.15) is 35.3 Å². The minimum Gasteiger partial charge on any atom is -0.491 e. The molecule has 0 fully saturated rings. The number of Topliss-reactive ketones (excluding diaryl/α,β-unsaturated/α-hetero) is 1. The zero-order valence-electron chi connectivity index (χ0n) is 17.5. The minimum absolute atomic E-state index is 0.0591. The molecule has 4 nitrogen and oxygen atoms in total. The van der Waals surface area contributed by atoms with Crippen LogP contribution in [0.2, 0.25) is 0 Å². The zero-order valence-corrected chi connectivity index (χ0v) is 17.5. The van der Waals surface area contributed by atoms with Gasteiger partial charge in [-0.3, -0.25) is 4.79 Å². The van der Waals surface area contributed by atoms with Gasteiger partial charge in [-0.1, -0.05) is 60.7 Å². The largest absolute Gasteiger partial charge is 0.491 e. The van der Waals surface area contributed by atoms with Crippen LogP contribution < -0.4 is 4.74 Å². The molecule has 0 spiro atoms. The lowest BCUT2D eigenvalue weighted by atomic mass is 9.96. The fourth-order valence-electron chi connectivity index (χ4n) is 2.94. The van der Waals surface area contributed by atoms with Crippen molar-refractivity contribution in [3.63, 3.8) is 0 Å². The van der Waals surface area contributed by atoms with Gasteiger partial charge in [-0.2, -0.15) is 0 Å². The van der Waals surface area contributed by atoms with E-state index >= 15 is 0 Å². The van der Waals surface area contributed by atoms with Crippen molar-refractivity contribution >= 4 is 5.78 Å². The normalized spacial score (nSPS) is 11.3. The first-order valence-corrected chi connectivity index (χ1v) is 10.1. The zero-order chi connectivity index (χ0) is 21.2. The van der Waals surface area contributed by atoms with Crippen LogP contribution in [-0.2, 0) is 22.7 Å². The second-order valence-electron chi connectivity index (χ2n) is 7.52. The van der Waals surface area contributed by atoms with Gasteiger partial charge < -0.3 is 14.2 Å². The quantitative estimate of drug-likeness (QED) is 0.314. The van der Waals surface area contributed by atoms with Crippen molar-refractivity contribution in [2.24, 2.45) is 0 Å². The monoisotopic (exact) mass is 404 g/mol. The molecular formula is C26H28O4. The van der Waals surface area contributed by atoms with Gasteiger partial charge in [-0.05, 0) is 49.2 Å². The Morgan fingerprint density at radius 2 is 1.30 bits per heavy atom.